The van der Waals surface area contributed by atoms with E-state index in [0.29, 0.717) is 17.1 Å². The third kappa shape index (κ3) is 4.24. The van der Waals surface area contributed by atoms with E-state index in [9.17, 15) is 4.79 Å². The van der Waals surface area contributed by atoms with Crippen molar-refractivity contribution in [2.75, 3.05) is 37.5 Å². The van der Waals surface area contributed by atoms with Gasteiger partial charge >= 0.3 is 0 Å². The van der Waals surface area contributed by atoms with Crippen LogP contribution in [0, 0.1) is 6.92 Å². The van der Waals surface area contributed by atoms with Crippen molar-refractivity contribution in [3.05, 3.63) is 47.5 Å². The van der Waals surface area contributed by atoms with Crippen LogP contribution in [0.15, 0.2) is 36.4 Å². The smallest absolute Gasteiger partial charge is 0.255 e. The molecule has 2 rings (SSSR count). The summed E-state index contributed by atoms with van der Waals surface area (Å²) in [7, 11) is 3.12. The first kappa shape index (κ1) is 18.6. The first-order valence-corrected chi connectivity index (χ1v) is 8.43. The van der Waals surface area contributed by atoms with Gasteiger partial charge in [0.05, 0.1) is 14.2 Å². The fraction of sp³-hybridized carbons (Fsp3) is 0.350. The Morgan fingerprint density at radius 1 is 1.00 bits per heavy atom. The van der Waals surface area contributed by atoms with Gasteiger partial charge in [0.2, 0.25) is 0 Å². The molecular weight excluding hydrogens is 316 g/mol. The average molecular weight is 342 g/mol. The van der Waals surface area contributed by atoms with E-state index in [1.54, 1.807) is 32.4 Å². The lowest BCUT2D eigenvalue weighted by Crippen LogP contribution is -2.22. The van der Waals surface area contributed by atoms with Crippen LogP contribution >= 0.6 is 0 Å². The molecule has 5 heteroatoms. The molecule has 2 aromatic rings. The molecule has 0 fully saturated rings. The lowest BCUT2D eigenvalue weighted by atomic mass is 10.1. The molecule has 0 bridgehead atoms. The number of aryl methyl sites for hydroxylation is 1. The van der Waals surface area contributed by atoms with Gasteiger partial charge in [-0.05, 0) is 62.7 Å². The summed E-state index contributed by atoms with van der Waals surface area (Å²) in [6.45, 7) is 8.23. The predicted octanol–water partition coefficient (Wildman–Crippen LogP) is 4.11. The fourth-order valence-electron chi connectivity index (χ4n) is 2.83. The van der Waals surface area contributed by atoms with Crippen LogP contribution in [0.5, 0.6) is 11.5 Å². The third-order valence-electron chi connectivity index (χ3n) is 4.20. The molecule has 1 N–H and O–H groups in total. The van der Waals surface area contributed by atoms with E-state index < -0.39 is 0 Å². The zero-order valence-electron chi connectivity index (χ0n) is 15.6. The molecule has 1 amide bonds. The first-order valence-electron chi connectivity index (χ1n) is 8.43. The molecule has 2 aromatic carbocycles. The Labute approximate surface area is 149 Å². The molecule has 0 unspecified atom stereocenters. The zero-order valence-corrected chi connectivity index (χ0v) is 15.6. The number of amides is 1. The number of hydrogen-bond donors (Lipinski definition) is 1. The van der Waals surface area contributed by atoms with Crippen molar-refractivity contribution in [3.63, 3.8) is 0 Å². The minimum absolute atomic E-state index is 0.184. The summed E-state index contributed by atoms with van der Waals surface area (Å²) in [6.07, 6.45) is 0. The fourth-order valence-corrected chi connectivity index (χ4v) is 2.83. The Kier molecular flexibility index (Phi) is 6.28. The maximum atomic E-state index is 12.5. The summed E-state index contributed by atoms with van der Waals surface area (Å²) in [6, 6.07) is 11.1. The number of methoxy groups -OCH3 is 2. The monoisotopic (exact) mass is 342 g/mol. The SMILES string of the molecule is CCN(CC)c1ccc(NC(=O)c2ccc(OC)c(OC)c2)cc1C. The van der Waals surface area contributed by atoms with Crippen molar-refractivity contribution in [3.8, 4) is 11.5 Å². The average Bonchev–Trinajstić information content (AvgIpc) is 2.63. The highest BCUT2D eigenvalue weighted by atomic mass is 16.5. The predicted molar refractivity (Wildman–Crippen MR) is 102 cm³/mol. The summed E-state index contributed by atoms with van der Waals surface area (Å²) in [4.78, 5) is 14.8. The van der Waals surface area contributed by atoms with Crippen LogP contribution in [0.2, 0.25) is 0 Å². The molecular formula is C20H26N2O3. The normalized spacial score (nSPS) is 10.3. The van der Waals surface area contributed by atoms with Crippen molar-refractivity contribution in [2.45, 2.75) is 20.8 Å². The largest absolute Gasteiger partial charge is 0.493 e. The van der Waals surface area contributed by atoms with Gasteiger partial charge in [0, 0.05) is 30.0 Å². The maximum absolute atomic E-state index is 12.5. The standard InChI is InChI=1S/C20H26N2O3/c1-6-22(7-2)17-10-9-16(12-14(17)3)21-20(23)15-8-11-18(24-4)19(13-15)25-5/h8-13H,6-7H2,1-5H3,(H,21,23). The van der Waals surface area contributed by atoms with Gasteiger partial charge in [-0.1, -0.05) is 0 Å². The Morgan fingerprint density at radius 2 is 1.68 bits per heavy atom. The number of hydrogen-bond acceptors (Lipinski definition) is 4. The van der Waals surface area contributed by atoms with Gasteiger partial charge in [0.15, 0.2) is 11.5 Å². The van der Waals surface area contributed by atoms with Crippen LogP contribution in [0.3, 0.4) is 0 Å². The lowest BCUT2D eigenvalue weighted by Gasteiger charge is -2.23. The molecule has 5 nitrogen and oxygen atoms in total. The van der Waals surface area contributed by atoms with Crippen LogP contribution in [0.4, 0.5) is 11.4 Å². The minimum Gasteiger partial charge on any atom is -0.493 e. The highest BCUT2D eigenvalue weighted by Gasteiger charge is 2.12. The molecule has 0 saturated heterocycles. The van der Waals surface area contributed by atoms with Gasteiger partial charge in [0.25, 0.3) is 5.91 Å². The van der Waals surface area contributed by atoms with Gasteiger partial charge in [-0.2, -0.15) is 0 Å². The van der Waals surface area contributed by atoms with E-state index in [1.807, 2.05) is 18.2 Å². The van der Waals surface area contributed by atoms with Crippen molar-refractivity contribution in [1.82, 2.24) is 0 Å². The number of ether oxygens (including phenoxy) is 2. The van der Waals surface area contributed by atoms with E-state index in [1.165, 1.54) is 5.69 Å². The van der Waals surface area contributed by atoms with Crippen LogP contribution in [-0.2, 0) is 0 Å². The lowest BCUT2D eigenvalue weighted by molar-refractivity contribution is 0.102. The topological polar surface area (TPSA) is 50.8 Å². The molecule has 0 spiro atoms. The van der Waals surface area contributed by atoms with Gasteiger partial charge in [0.1, 0.15) is 0 Å². The summed E-state index contributed by atoms with van der Waals surface area (Å²) < 4.78 is 10.5. The van der Waals surface area contributed by atoms with Gasteiger partial charge in [-0.3, -0.25) is 4.79 Å². The molecule has 25 heavy (non-hydrogen) atoms. The number of anilines is 2. The quantitative estimate of drug-likeness (QED) is 0.823. The Morgan fingerprint density at radius 3 is 2.24 bits per heavy atom. The van der Waals surface area contributed by atoms with Crippen LogP contribution in [0.25, 0.3) is 0 Å². The molecule has 0 aromatic heterocycles. The Hall–Kier alpha value is -2.69. The molecule has 134 valence electrons. The van der Waals surface area contributed by atoms with E-state index in [-0.39, 0.29) is 5.91 Å². The first-order chi connectivity index (χ1) is 12.0. The van der Waals surface area contributed by atoms with Crippen LogP contribution in [0.1, 0.15) is 29.8 Å². The second-order valence-electron chi connectivity index (χ2n) is 5.70. The molecule has 0 saturated carbocycles. The highest BCUT2D eigenvalue weighted by molar-refractivity contribution is 6.04. The summed E-state index contributed by atoms with van der Waals surface area (Å²) >= 11 is 0. The van der Waals surface area contributed by atoms with E-state index in [2.05, 4.69) is 31.0 Å². The molecule has 0 aliphatic rings. The molecule has 0 atom stereocenters. The minimum atomic E-state index is -0.184. The summed E-state index contributed by atoms with van der Waals surface area (Å²) in [5, 5.41) is 2.94. The number of benzene rings is 2. The molecule has 0 heterocycles. The second-order valence-corrected chi connectivity index (χ2v) is 5.70. The number of carbonyl (C=O) groups excluding carboxylic acids is 1. The van der Waals surface area contributed by atoms with E-state index in [0.717, 1.165) is 24.3 Å². The maximum Gasteiger partial charge on any atom is 0.255 e. The number of nitrogens with zero attached hydrogens (tertiary/aromatic N) is 1. The number of nitrogens with one attached hydrogen (secondary N) is 1. The van der Waals surface area contributed by atoms with Gasteiger partial charge in [-0.25, -0.2) is 0 Å². The summed E-state index contributed by atoms with van der Waals surface area (Å²) in [5.41, 5.74) is 3.61. The van der Waals surface area contributed by atoms with Gasteiger partial charge < -0.3 is 19.7 Å². The number of carbonyl (C=O) groups is 1. The molecule has 0 aliphatic carbocycles. The van der Waals surface area contributed by atoms with Crippen molar-refractivity contribution in [1.29, 1.82) is 0 Å². The third-order valence-corrected chi connectivity index (χ3v) is 4.20. The highest BCUT2D eigenvalue weighted by Crippen LogP contribution is 2.28. The van der Waals surface area contributed by atoms with Gasteiger partial charge in [-0.15, -0.1) is 0 Å². The van der Waals surface area contributed by atoms with Crippen LogP contribution < -0.4 is 19.7 Å². The van der Waals surface area contributed by atoms with E-state index >= 15 is 0 Å². The Balaban J connectivity index is 2.19. The zero-order chi connectivity index (χ0) is 18.4. The van der Waals surface area contributed by atoms with Crippen LogP contribution in [-0.4, -0.2) is 33.2 Å². The number of rotatable bonds is 7. The van der Waals surface area contributed by atoms with Crippen molar-refractivity contribution < 1.29 is 14.3 Å². The second kappa shape index (κ2) is 8.42. The summed E-state index contributed by atoms with van der Waals surface area (Å²) in [5.74, 6) is 0.942. The van der Waals surface area contributed by atoms with Crippen molar-refractivity contribution in [2.24, 2.45) is 0 Å². The molecule has 0 aliphatic heterocycles. The van der Waals surface area contributed by atoms with Crippen molar-refractivity contribution >= 4 is 17.3 Å². The van der Waals surface area contributed by atoms with E-state index in [4.69, 9.17) is 9.47 Å². The Bertz CT molecular complexity index is 740. The molecule has 0 radical (unpaired) electrons.